The molecule has 0 bridgehead atoms. The molecule has 1 saturated carbocycles. The molecule has 2 N–H and O–H groups in total. The number of nitrogens with zero attached hydrogens (tertiary/aromatic N) is 1. The van der Waals surface area contributed by atoms with E-state index in [1.54, 1.807) is 0 Å². The van der Waals surface area contributed by atoms with Gasteiger partial charge in [0.2, 0.25) is 0 Å². The van der Waals surface area contributed by atoms with Crippen molar-refractivity contribution in [2.75, 3.05) is 0 Å². The van der Waals surface area contributed by atoms with Gasteiger partial charge in [-0.25, -0.2) is 4.98 Å². The summed E-state index contributed by atoms with van der Waals surface area (Å²) in [5.41, 5.74) is 7.60. The van der Waals surface area contributed by atoms with Crippen LogP contribution >= 0.6 is 11.3 Å². The number of aromatic nitrogens is 1. The minimum absolute atomic E-state index is 0.310. The van der Waals surface area contributed by atoms with Gasteiger partial charge in [-0.1, -0.05) is 26.2 Å². The van der Waals surface area contributed by atoms with Crippen molar-refractivity contribution < 1.29 is 0 Å². The van der Waals surface area contributed by atoms with Gasteiger partial charge in [-0.2, -0.15) is 0 Å². The van der Waals surface area contributed by atoms with Gasteiger partial charge in [0.25, 0.3) is 0 Å². The van der Waals surface area contributed by atoms with Crippen LogP contribution in [0.1, 0.15) is 54.6 Å². The molecular formula is C15H26N2S. The van der Waals surface area contributed by atoms with Gasteiger partial charge in [-0.15, -0.1) is 11.3 Å². The number of thiazole rings is 1. The molecule has 0 aliphatic heterocycles. The minimum Gasteiger partial charge on any atom is -0.327 e. The summed E-state index contributed by atoms with van der Waals surface area (Å²) in [4.78, 5) is 5.96. The van der Waals surface area contributed by atoms with Gasteiger partial charge in [0, 0.05) is 17.3 Å². The highest BCUT2D eigenvalue weighted by atomic mass is 32.1. The number of rotatable bonds is 4. The molecule has 1 heterocycles. The van der Waals surface area contributed by atoms with E-state index >= 15 is 0 Å². The van der Waals surface area contributed by atoms with E-state index in [1.165, 1.54) is 47.7 Å². The first-order chi connectivity index (χ1) is 8.60. The number of hydrogen-bond donors (Lipinski definition) is 1. The predicted octanol–water partition coefficient (Wildman–Crippen LogP) is 3.85. The monoisotopic (exact) mass is 266 g/mol. The Morgan fingerprint density at radius 1 is 1.39 bits per heavy atom. The molecule has 2 rings (SSSR count). The topological polar surface area (TPSA) is 38.9 Å². The van der Waals surface area contributed by atoms with E-state index in [0.29, 0.717) is 12.0 Å². The van der Waals surface area contributed by atoms with Crippen LogP contribution in [0.25, 0.3) is 0 Å². The Morgan fingerprint density at radius 2 is 2.17 bits per heavy atom. The second kappa shape index (κ2) is 6.16. The van der Waals surface area contributed by atoms with Crippen molar-refractivity contribution in [3.05, 3.63) is 15.6 Å². The van der Waals surface area contributed by atoms with Crippen LogP contribution < -0.4 is 5.73 Å². The average molecular weight is 266 g/mol. The maximum Gasteiger partial charge on any atom is 0.0946 e. The normalized spacial score (nSPS) is 26.2. The van der Waals surface area contributed by atoms with Crippen LogP contribution in [0.4, 0.5) is 0 Å². The van der Waals surface area contributed by atoms with E-state index in [0.717, 1.165) is 12.3 Å². The number of hydrogen-bond acceptors (Lipinski definition) is 3. The zero-order chi connectivity index (χ0) is 13.1. The minimum atomic E-state index is 0.310. The summed E-state index contributed by atoms with van der Waals surface area (Å²) in [6.45, 7) is 6.55. The van der Waals surface area contributed by atoms with Crippen molar-refractivity contribution in [1.29, 1.82) is 0 Å². The van der Waals surface area contributed by atoms with Crippen LogP contribution in [-0.4, -0.2) is 11.0 Å². The van der Waals surface area contributed by atoms with Gasteiger partial charge in [-0.3, -0.25) is 0 Å². The van der Waals surface area contributed by atoms with Crippen LogP contribution in [0, 0.1) is 25.7 Å². The lowest BCUT2D eigenvalue weighted by atomic mass is 9.76. The molecule has 102 valence electrons. The van der Waals surface area contributed by atoms with Crippen molar-refractivity contribution in [3.8, 4) is 0 Å². The fourth-order valence-corrected chi connectivity index (χ4v) is 4.09. The molecule has 1 aliphatic carbocycles. The summed E-state index contributed by atoms with van der Waals surface area (Å²) >= 11 is 1.82. The quantitative estimate of drug-likeness (QED) is 0.899. The van der Waals surface area contributed by atoms with Crippen molar-refractivity contribution in [3.63, 3.8) is 0 Å². The number of aryl methyl sites for hydroxylation is 2. The zero-order valence-electron chi connectivity index (χ0n) is 11.9. The molecule has 0 radical (unpaired) electrons. The van der Waals surface area contributed by atoms with Crippen LogP contribution in [0.15, 0.2) is 0 Å². The molecule has 0 spiro atoms. The highest BCUT2D eigenvalue weighted by molar-refractivity contribution is 7.11. The van der Waals surface area contributed by atoms with Gasteiger partial charge in [0.1, 0.15) is 0 Å². The van der Waals surface area contributed by atoms with E-state index < -0.39 is 0 Å². The molecule has 0 amide bonds. The standard InChI is InChI=1S/C15H26N2S/c1-4-12-6-5-7-13(8-12)14(16)9-15-17-10(2)11(3)18-15/h12-14H,4-9,16H2,1-3H3. The smallest absolute Gasteiger partial charge is 0.0946 e. The molecule has 3 heteroatoms. The molecule has 0 saturated heterocycles. The van der Waals surface area contributed by atoms with Crippen molar-refractivity contribution in [2.45, 2.75) is 65.3 Å². The molecule has 3 unspecified atom stereocenters. The predicted molar refractivity (Wildman–Crippen MR) is 79.0 cm³/mol. The Balaban J connectivity index is 1.92. The first kappa shape index (κ1) is 14.0. The maximum absolute atomic E-state index is 6.42. The molecule has 1 fully saturated rings. The number of nitrogens with two attached hydrogens (primary N) is 1. The highest BCUT2D eigenvalue weighted by Crippen LogP contribution is 2.33. The van der Waals surface area contributed by atoms with Gasteiger partial charge >= 0.3 is 0 Å². The van der Waals surface area contributed by atoms with Crippen molar-refractivity contribution in [1.82, 2.24) is 4.98 Å². The Labute approximate surface area is 115 Å². The summed E-state index contributed by atoms with van der Waals surface area (Å²) in [7, 11) is 0. The molecule has 1 aromatic heterocycles. The largest absolute Gasteiger partial charge is 0.327 e. The van der Waals surface area contributed by atoms with E-state index in [-0.39, 0.29) is 0 Å². The lowest BCUT2D eigenvalue weighted by molar-refractivity contribution is 0.228. The summed E-state index contributed by atoms with van der Waals surface area (Å²) in [6, 6.07) is 0.310. The first-order valence-electron chi connectivity index (χ1n) is 7.28. The Morgan fingerprint density at radius 3 is 2.78 bits per heavy atom. The van der Waals surface area contributed by atoms with E-state index in [2.05, 4.69) is 25.8 Å². The highest BCUT2D eigenvalue weighted by Gasteiger charge is 2.26. The maximum atomic E-state index is 6.42. The SMILES string of the molecule is CCC1CCCC(C(N)Cc2nc(C)c(C)s2)C1. The zero-order valence-corrected chi connectivity index (χ0v) is 12.7. The van der Waals surface area contributed by atoms with Crippen LogP contribution in [-0.2, 0) is 6.42 Å². The summed E-state index contributed by atoms with van der Waals surface area (Å²) < 4.78 is 0. The van der Waals surface area contributed by atoms with Crippen LogP contribution in [0.2, 0.25) is 0 Å². The molecule has 18 heavy (non-hydrogen) atoms. The van der Waals surface area contributed by atoms with Crippen LogP contribution in [0.3, 0.4) is 0 Å². The van der Waals surface area contributed by atoms with Crippen molar-refractivity contribution >= 4 is 11.3 Å². The molecular weight excluding hydrogens is 240 g/mol. The molecule has 2 nitrogen and oxygen atoms in total. The fraction of sp³-hybridized carbons (Fsp3) is 0.800. The van der Waals surface area contributed by atoms with E-state index in [9.17, 15) is 0 Å². The summed E-state index contributed by atoms with van der Waals surface area (Å²) in [5, 5.41) is 1.23. The third kappa shape index (κ3) is 3.33. The molecule has 1 aliphatic rings. The van der Waals surface area contributed by atoms with Gasteiger partial charge in [0.05, 0.1) is 10.7 Å². The lowest BCUT2D eigenvalue weighted by Gasteiger charge is -2.32. The van der Waals surface area contributed by atoms with Crippen molar-refractivity contribution in [2.24, 2.45) is 17.6 Å². The second-order valence-electron chi connectivity index (χ2n) is 5.82. The van der Waals surface area contributed by atoms with E-state index in [4.69, 9.17) is 5.73 Å². The summed E-state index contributed by atoms with van der Waals surface area (Å²) in [6.07, 6.45) is 7.73. The average Bonchev–Trinajstić information content (AvgIpc) is 2.68. The third-order valence-electron chi connectivity index (χ3n) is 4.49. The third-order valence-corrected chi connectivity index (χ3v) is 5.58. The molecule has 1 aromatic rings. The van der Waals surface area contributed by atoms with Gasteiger partial charge < -0.3 is 5.73 Å². The van der Waals surface area contributed by atoms with Crippen LogP contribution in [0.5, 0.6) is 0 Å². The Hall–Kier alpha value is -0.410. The lowest BCUT2D eigenvalue weighted by Crippen LogP contribution is -2.35. The first-order valence-corrected chi connectivity index (χ1v) is 8.10. The summed E-state index contributed by atoms with van der Waals surface area (Å²) in [5.74, 6) is 1.63. The Bertz CT molecular complexity index is 366. The van der Waals surface area contributed by atoms with Gasteiger partial charge in [-0.05, 0) is 38.5 Å². The Kier molecular flexibility index (Phi) is 4.79. The van der Waals surface area contributed by atoms with E-state index in [1.807, 2.05) is 11.3 Å². The fourth-order valence-electron chi connectivity index (χ4n) is 3.09. The molecule has 3 atom stereocenters. The second-order valence-corrected chi connectivity index (χ2v) is 7.11. The van der Waals surface area contributed by atoms with Gasteiger partial charge in [0.15, 0.2) is 0 Å². The molecule has 0 aromatic carbocycles.